The van der Waals surface area contributed by atoms with Crippen molar-refractivity contribution < 1.29 is 13.6 Å². The van der Waals surface area contributed by atoms with Crippen LogP contribution in [-0.2, 0) is 4.79 Å². The Morgan fingerprint density at radius 1 is 1.05 bits per heavy atom. The Kier molecular flexibility index (Phi) is 3.11. The first-order valence-electron chi connectivity index (χ1n) is 9.13. The van der Waals surface area contributed by atoms with Gasteiger partial charge in [-0.05, 0) is 66.6 Å². The first-order valence-corrected chi connectivity index (χ1v) is 9.13. The first-order chi connectivity index (χ1) is 10.2. The Morgan fingerprint density at radius 3 is 2.59 bits per heavy atom. The van der Waals surface area contributed by atoms with Crippen molar-refractivity contribution in [3.8, 4) is 0 Å². The maximum absolute atomic E-state index is 14.1. The normalized spacial score (nSPS) is 53.5. The lowest BCUT2D eigenvalue weighted by Gasteiger charge is -2.59. The number of carbonyl (C=O) groups excluding carboxylic acids is 1. The van der Waals surface area contributed by atoms with Crippen molar-refractivity contribution >= 4 is 5.78 Å². The summed E-state index contributed by atoms with van der Waals surface area (Å²) in [6.45, 7) is 4.49. The van der Waals surface area contributed by atoms with Crippen LogP contribution in [0.15, 0.2) is 0 Å². The Labute approximate surface area is 132 Å². The fourth-order valence-corrected chi connectivity index (χ4v) is 7.04. The lowest BCUT2D eigenvalue weighted by atomic mass is 9.45. The molecule has 0 saturated heterocycles. The van der Waals surface area contributed by atoms with Gasteiger partial charge in [0.05, 0.1) is 0 Å². The van der Waals surface area contributed by atoms with Gasteiger partial charge in [-0.1, -0.05) is 13.8 Å². The Bertz CT molecular complexity index is 502. The fraction of sp³-hybridized carbons (Fsp3) is 0.947. The second-order valence-electron chi connectivity index (χ2n) is 9.33. The minimum absolute atomic E-state index is 0.104. The standard InChI is InChI=1S/C19H28F2O/c1-17-7-6-15-14(16(17)10-19(20,21)11-17)4-3-12-9-13(22)5-8-18(12,15)2/h12,14-16H,3-11H2,1-2H3/t12-,14?,15?,16?,17?,18?/m0/s1. The van der Waals surface area contributed by atoms with Crippen LogP contribution in [0.3, 0.4) is 0 Å². The molecule has 0 aliphatic heterocycles. The number of hydrogen-bond acceptors (Lipinski definition) is 1. The summed E-state index contributed by atoms with van der Waals surface area (Å²) in [5.41, 5.74) is 0.0916. The highest BCUT2D eigenvalue weighted by molar-refractivity contribution is 5.79. The summed E-state index contributed by atoms with van der Waals surface area (Å²) in [4.78, 5) is 11.8. The van der Waals surface area contributed by atoms with Crippen molar-refractivity contribution in [2.24, 2.45) is 34.5 Å². The van der Waals surface area contributed by atoms with Crippen LogP contribution < -0.4 is 0 Å². The molecule has 22 heavy (non-hydrogen) atoms. The molecule has 0 aromatic heterocycles. The smallest absolute Gasteiger partial charge is 0.249 e. The molecule has 0 amide bonds. The molecule has 4 fully saturated rings. The lowest BCUT2D eigenvalue weighted by molar-refractivity contribution is -0.137. The molecule has 5 unspecified atom stereocenters. The number of carbonyl (C=O) groups is 1. The first kappa shape index (κ1) is 15.1. The SMILES string of the molecule is CC12CCC3C(CC[C@H]4CC(=O)CCC34C)C1CC(F)(F)C2. The molecule has 6 atom stereocenters. The quantitative estimate of drug-likeness (QED) is 0.598. The summed E-state index contributed by atoms with van der Waals surface area (Å²) in [5, 5.41) is 0. The van der Waals surface area contributed by atoms with Gasteiger partial charge in [0.2, 0.25) is 5.92 Å². The number of rotatable bonds is 0. The third-order valence-corrected chi connectivity index (χ3v) is 8.18. The second-order valence-corrected chi connectivity index (χ2v) is 9.33. The Morgan fingerprint density at radius 2 is 1.82 bits per heavy atom. The van der Waals surface area contributed by atoms with Crippen molar-refractivity contribution in [2.45, 2.75) is 77.6 Å². The molecule has 0 aromatic rings. The molecule has 0 heterocycles. The lowest BCUT2D eigenvalue weighted by Crippen LogP contribution is -2.52. The summed E-state index contributed by atoms with van der Waals surface area (Å²) in [7, 11) is 0. The third-order valence-electron chi connectivity index (χ3n) is 8.18. The molecule has 0 radical (unpaired) electrons. The van der Waals surface area contributed by atoms with Gasteiger partial charge in [-0.25, -0.2) is 8.78 Å². The van der Waals surface area contributed by atoms with E-state index in [9.17, 15) is 13.6 Å². The molecule has 124 valence electrons. The van der Waals surface area contributed by atoms with E-state index in [0.29, 0.717) is 30.0 Å². The van der Waals surface area contributed by atoms with Gasteiger partial charge >= 0.3 is 0 Å². The zero-order valence-electron chi connectivity index (χ0n) is 13.8. The third kappa shape index (κ3) is 2.03. The second kappa shape index (κ2) is 4.54. The predicted octanol–water partition coefficient (Wildman–Crippen LogP) is 5.23. The molecule has 0 N–H and O–H groups in total. The van der Waals surface area contributed by atoms with Crippen molar-refractivity contribution in [2.75, 3.05) is 0 Å². The Balaban J connectivity index is 1.64. The van der Waals surface area contributed by atoms with E-state index in [1.165, 1.54) is 0 Å². The van der Waals surface area contributed by atoms with Crippen molar-refractivity contribution in [3.63, 3.8) is 0 Å². The minimum atomic E-state index is -2.45. The number of hydrogen-bond donors (Lipinski definition) is 0. The van der Waals surface area contributed by atoms with Crippen molar-refractivity contribution in [3.05, 3.63) is 0 Å². The minimum Gasteiger partial charge on any atom is -0.300 e. The highest BCUT2D eigenvalue weighted by atomic mass is 19.3. The zero-order valence-corrected chi connectivity index (χ0v) is 13.8. The van der Waals surface area contributed by atoms with E-state index >= 15 is 0 Å². The largest absolute Gasteiger partial charge is 0.300 e. The van der Waals surface area contributed by atoms with Crippen LogP contribution in [0.2, 0.25) is 0 Å². The summed E-state index contributed by atoms with van der Waals surface area (Å²) in [5.74, 6) is -0.256. The van der Waals surface area contributed by atoms with Crippen LogP contribution in [0.25, 0.3) is 0 Å². The van der Waals surface area contributed by atoms with Gasteiger partial charge in [0.15, 0.2) is 0 Å². The summed E-state index contributed by atoms with van der Waals surface area (Å²) >= 11 is 0. The number of halogens is 2. The number of ketones is 1. The molecule has 4 rings (SSSR count). The number of fused-ring (bicyclic) bond motifs is 5. The average molecular weight is 310 g/mol. The zero-order chi connectivity index (χ0) is 15.8. The van der Waals surface area contributed by atoms with E-state index in [2.05, 4.69) is 13.8 Å². The van der Waals surface area contributed by atoms with Gasteiger partial charge in [0, 0.05) is 25.7 Å². The van der Waals surface area contributed by atoms with E-state index in [1.54, 1.807) is 0 Å². The fourth-order valence-electron chi connectivity index (χ4n) is 7.04. The van der Waals surface area contributed by atoms with Crippen LogP contribution in [0, 0.1) is 34.5 Å². The van der Waals surface area contributed by atoms with Gasteiger partial charge in [-0.3, -0.25) is 4.79 Å². The highest BCUT2D eigenvalue weighted by Gasteiger charge is 2.62. The van der Waals surface area contributed by atoms with Crippen LogP contribution in [0.1, 0.15) is 71.6 Å². The van der Waals surface area contributed by atoms with E-state index in [-0.39, 0.29) is 29.6 Å². The topological polar surface area (TPSA) is 17.1 Å². The molecular weight excluding hydrogens is 282 g/mol. The molecule has 4 aliphatic rings. The van der Waals surface area contributed by atoms with Crippen LogP contribution in [0.4, 0.5) is 8.78 Å². The molecule has 1 nitrogen and oxygen atoms in total. The molecule has 0 bridgehead atoms. The van der Waals surface area contributed by atoms with Gasteiger partial charge in [-0.2, -0.15) is 0 Å². The van der Waals surface area contributed by atoms with Gasteiger partial charge < -0.3 is 0 Å². The summed E-state index contributed by atoms with van der Waals surface area (Å²) in [6.07, 6.45) is 6.91. The molecule has 3 heteroatoms. The van der Waals surface area contributed by atoms with E-state index in [0.717, 1.165) is 38.5 Å². The number of alkyl halides is 2. The molecule has 0 spiro atoms. The maximum atomic E-state index is 14.1. The van der Waals surface area contributed by atoms with Crippen molar-refractivity contribution in [1.29, 1.82) is 0 Å². The van der Waals surface area contributed by atoms with Crippen LogP contribution in [-0.4, -0.2) is 11.7 Å². The predicted molar refractivity (Wildman–Crippen MR) is 81.7 cm³/mol. The molecule has 0 aromatic carbocycles. The van der Waals surface area contributed by atoms with E-state index in [1.807, 2.05) is 0 Å². The van der Waals surface area contributed by atoms with Gasteiger partial charge in [0.25, 0.3) is 0 Å². The van der Waals surface area contributed by atoms with Gasteiger partial charge in [0.1, 0.15) is 5.78 Å². The van der Waals surface area contributed by atoms with Crippen LogP contribution in [0.5, 0.6) is 0 Å². The molecule has 4 saturated carbocycles. The Hall–Kier alpha value is -0.470. The van der Waals surface area contributed by atoms with Crippen LogP contribution >= 0.6 is 0 Å². The molecule has 4 aliphatic carbocycles. The molecular formula is C19H28F2O. The summed E-state index contributed by atoms with van der Waals surface area (Å²) in [6, 6.07) is 0. The van der Waals surface area contributed by atoms with E-state index in [4.69, 9.17) is 0 Å². The van der Waals surface area contributed by atoms with Crippen molar-refractivity contribution in [1.82, 2.24) is 0 Å². The van der Waals surface area contributed by atoms with E-state index < -0.39 is 5.92 Å². The highest BCUT2D eigenvalue weighted by Crippen LogP contribution is 2.67. The monoisotopic (exact) mass is 310 g/mol. The summed E-state index contributed by atoms with van der Waals surface area (Å²) < 4.78 is 28.2. The van der Waals surface area contributed by atoms with Gasteiger partial charge in [-0.15, -0.1) is 0 Å². The maximum Gasteiger partial charge on any atom is 0.249 e. The average Bonchev–Trinajstić information content (AvgIpc) is 2.68. The number of Topliss-reactive ketones (excluding diaryl/α,β-unsaturated/α-hetero) is 1.